The van der Waals surface area contributed by atoms with E-state index in [0.29, 0.717) is 18.5 Å². The van der Waals surface area contributed by atoms with E-state index in [2.05, 4.69) is 19.2 Å². The molecule has 0 amide bonds. The molecule has 2 N–H and O–H groups in total. The van der Waals surface area contributed by atoms with Gasteiger partial charge in [0.1, 0.15) is 0 Å². The van der Waals surface area contributed by atoms with Gasteiger partial charge < -0.3 is 10.4 Å². The molecule has 106 valence electrons. The van der Waals surface area contributed by atoms with Gasteiger partial charge in [0.05, 0.1) is 5.60 Å². The average Bonchev–Trinajstić information content (AvgIpc) is 2.36. The lowest BCUT2D eigenvalue weighted by atomic mass is 9.71. The Morgan fingerprint density at radius 3 is 2.42 bits per heavy atom. The molecule has 0 radical (unpaired) electrons. The molecule has 0 saturated heterocycles. The second-order valence-corrected chi connectivity index (χ2v) is 6.99. The maximum absolute atomic E-state index is 10.6. The number of hydrogen-bond acceptors (Lipinski definition) is 2. The number of halogens is 1. The Morgan fingerprint density at radius 1 is 1.16 bits per heavy atom. The molecule has 1 aromatic rings. The second-order valence-electron chi connectivity index (χ2n) is 6.58. The number of benzene rings is 1. The van der Waals surface area contributed by atoms with E-state index in [9.17, 15) is 5.11 Å². The largest absolute Gasteiger partial charge is 0.389 e. The first-order chi connectivity index (χ1) is 8.90. The van der Waals surface area contributed by atoms with E-state index in [1.54, 1.807) is 0 Å². The minimum Gasteiger partial charge on any atom is -0.389 e. The lowest BCUT2D eigenvalue weighted by molar-refractivity contribution is -0.0245. The van der Waals surface area contributed by atoms with E-state index in [1.807, 2.05) is 24.3 Å². The van der Waals surface area contributed by atoms with Crippen molar-refractivity contribution in [3.05, 3.63) is 34.9 Å². The van der Waals surface area contributed by atoms with Gasteiger partial charge in [0.25, 0.3) is 0 Å². The molecule has 0 heterocycles. The summed E-state index contributed by atoms with van der Waals surface area (Å²) in [5, 5.41) is 14.7. The van der Waals surface area contributed by atoms with Crippen LogP contribution < -0.4 is 5.32 Å². The van der Waals surface area contributed by atoms with Gasteiger partial charge >= 0.3 is 0 Å². The van der Waals surface area contributed by atoms with Crippen LogP contribution in [0.25, 0.3) is 0 Å². The predicted octanol–water partition coefficient (Wildman–Crippen LogP) is 3.76. The first kappa shape index (κ1) is 14.8. The molecule has 1 fully saturated rings. The standard InChI is InChI=1S/C16H24ClNO/c1-15(2)7-9-16(19,10-8-15)12-18-11-13-5-3-4-6-14(13)17/h3-6,18-19H,7-12H2,1-2H3. The van der Waals surface area contributed by atoms with Gasteiger partial charge in [0, 0.05) is 18.1 Å². The summed E-state index contributed by atoms with van der Waals surface area (Å²) in [6.07, 6.45) is 3.96. The van der Waals surface area contributed by atoms with Gasteiger partial charge in [-0.2, -0.15) is 0 Å². The highest BCUT2D eigenvalue weighted by Gasteiger charge is 2.36. The van der Waals surface area contributed by atoms with Crippen LogP contribution in [0.3, 0.4) is 0 Å². The molecule has 1 saturated carbocycles. The summed E-state index contributed by atoms with van der Waals surface area (Å²) in [6, 6.07) is 7.84. The number of hydrogen-bond donors (Lipinski definition) is 2. The van der Waals surface area contributed by atoms with Gasteiger partial charge in [-0.3, -0.25) is 0 Å². The SMILES string of the molecule is CC1(C)CCC(O)(CNCc2ccccc2Cl)CC1. The van der Waals surface area contributed by atoms with Crippen molar-refractivity contribution >= 4 is 11.6 Å². The van der Waals surface area contributed by atoms with Crippen LogP contribution in [0, 0.1) is 5.41 Å². The Morgan fingerprint density at radius 2 is 1.79 bits per heavy atom. The summed E-state index contributed by atoms with van der Waals surface area (Å²) in [4.78, 5) is 0. The molecule has 0 spiro atoms. The van der Waals surface area contributed by atoms with Crippen LogP contribution in [-0.4, -0.2) is 17.3 Å². The van der Waals surface area contributed by atoms with E-state index in [4.69, 9.17) is 11.6 Å². The number of rotatable bonds is 4. The van der Waals surface area contributed by atoms with Crippen LogP contribution in [-0.2, 0) is 6.54 Å². The molecule has 1 aliphatic rings. The fourth-order valence-electron chi connectivity index (χ4n) is 2.64. The van der Waals surface area contributed by atoms with E-state index in [1.165, 1.54) is 0 Å². The van der Waals surface area contributed by atoms with Gasteiger partial charge in [-0.25, -0.2) is 0 Å². The molecule has 1 aromatic carbocycles. The third-order valence-electron chi connectivity index (χ3n) is 4.26. The summed E-state index contributed by atoms with van der Waals surface area (Å²) in [6.45, 7) is 5.92. The minimum atomic E-state index is -0.545. The molecule has 19 heavy (non-hydrogen) atoms. The Bertz CT molecular complexity index is 421. The minimum absolute atomic E-state index is 0.384. The van der Waals surface area contributed by atoms with E-state index >= 15 is 0 Å². The van der Waals surface area contributed by atoms with Crippen LogP contribution in [0.15, 0.2) is 24.3 Å². The number of nitrogens with one attached hydrogen (secondary N) is 1. The van der Waals surface area contributed by atoms with Crippen molar-refractivity contribution in [1.82, 2.24) is 5.32 Å². The molecule has 0 unspecified atom stereocenters. The van der Waals surface area contributed by atoms with Crippen LogP contribution in [0.4, 0.5) is 0 Å². The maximum atomic E-state index is 10.6. The molecule has 3 heteroatoms. The Balaban J connectivity index is 1.81. The van der Waals surface area contributed by atoms with Gasteiger partial charge in [0.15, 0.2) is 0 Å². The highest BCUT2D eigenvalue weighted by atomic mass is 35.5. The first-order valence-electron chi connectivity index (χ1n) is 7.07. The summed E-state index contributed by atoms with van der Waals surface area (Å²) < 4.78 is 0. The fraction of sp³-hybridized carbons (Fsp3) is 0.625. The van der Waals surface area contributed by atoms with Crippen molar-refractivity contribution < 1.29 is 5.11 Å². The van der Waals surface area contributed by atoms with Crippen LogP contribution in [0.1, 0.15) is 45.1 Å². The molecule has 2 nitrogen and oxygen atoms in total. The van der Waals surface area contributed by atoms with Crippen LogP contribution in [0.5, 0.6) is 0 Å². The molecule has 0 atom stereocenters. The average molecular weight is 282 g/mol. The smallest absolute Gasteiger partial charge is 0.0772 e. The molecular formula is C16H24ClNO. The first-order valence-corrected chi connectivity index (χ1v) is 7.45. The zero-order chi connectivity index (χ0) is 13.9. The Kier molecular flexibility index (Phi) is 4.54. The molecule has 0 aromatic heterocycles. The molecule has 0 bridgehead atoms. The zero-order valence-corrected chi connectivity index (χ0v) is 12.6. The highest BCUT2D eigenvalue weighted by Crippen LogP contribution is 2.39. The summed E-state index contributed by atoms with van der Waals surface area (Å²) in [5.74, 6) is 0. The lowest BCUT2D eigenvalue weighted by Gasteiger charge is -2.40. The van der Waals surface area contributed by atoms with Crippen LogP contribution in [0.2, 0.25) is 5.02 Å². The van der Waals surface area contributed by atoms with Gasteiger partial charge in [-0.1, -0.05) is 43.6 Å². The fourth-order valence-corrected chi connectivity index (χ4v) is 2.84. The van der Waals surface area contributed by atoms with Gasteiger partial charge in [0.2, 0.25) is 0 Å². The second kappa shape index (κ2) is 5.82. The van der Waals surface area contributed by atoms with Crippen molar-refractivity contribution in [3.63, 3.8) is 0 Å². The van der Waals surface area contributed by atoms with Crippen molar-refractivity contribution in [1.29, 1.82) is 0 Å². The van der Waals surface area contributed by atoms with E-state index in [0.717, 1.165) is 36.3 Å². The third-order valence-corrected chi connectivity index (χ3v) is 4.63. The summed E-state index contributed by atoms with van der Waals surface area (Å²) in [7, 11) is 0. The van der Waals surface area contributed by atoms with E-state index < -0.39 is 5.60 Å². The van der Waals surface area contributed by atoms with Gasteiger partial charge in [-0.15, -0.1) is 0 Å². The monoisotopic (exact) mass is 281 g/mol. The van der Waals surface area contributed by atoms with Gasteiger partial charge in [-0.05, 0) is 42.7 Å². The molecule has 1 aliphatic carbocycles. The number of aliphatic hydroxyl groups is 1. The Hall–Kier alpha value is -0.570. The summed E-state index contributed by atoms with van der Waals surface area (Å²) >= 11 is 6.12. The lowest BCUT2D eigenvalue weighted by Crippen LogP contribution is -2.44. The third kappa shape index (κ3) is 4.20. The maximum Gasteiger partial charge on any atom is 0.0772 e. The molecule has 0 aliphatic heterocycles. The normalized spacial score (nSPS) is 21.3. The molecular weight excluding hydrogens is 258 g/mol. The Labute approximate surface area is 121 Å². The van der Waals surface area contributed by atoms with Crippen molar-refractivity contribution in [3.8, 4) is 0 Å². The quantitative estimate of drug-likeness (QED) is 0.881. The van der Waals surface area contributed by atoms with Crippen molar-refractivity contribution in [2.24, 2.45) is 5.41 Å². The topological polar surface area (TPSA) is 32.3 Å². The van der Waals surface area contributed by atoms with Crippen LogP contribution >= 0.6 is 11.6 Å². The highest BCUT2D eigenvalue weighted by molar-refractivity contribution is 6.31. The zero-order valence-electron chi connectivity index (χ0n) is 11.9. The summed E-state index contributed by atoms with van der Waals surface area (Å²) in [5.41, 5.74) is 0.926. The van der Waals surface area contributed by atoms with E-state index in [-0.39, 0.29) is 0 Å². The molecule has 2 rings (SSSR count). The van der Waals surface area contributed by atoms with Crippen molar-refractivity contribution in [2.45, 2.75) is 51.7 Å². The predicted molar refractivity (Wildman–Crippen MR) is 80.4 cm³/mol. The van der Waals surface area contributed by atoms with Crippen molar-refractivity contribution in [2.75, 3.05) is 6.54 Å².